The van der Waals surface area contributed by atoms with Crippen molar-refractivity contribution < 1.29 is 18.5 Å². The molecule has 0 spiro atoms. The lowest BCUT2D eigenvalue weighted by Gasteiger charge is -2.16. The Labute approximate surface area is 99.8 Å². The van der Waals surface area contributed by atoms with Crippen molar-refractivity contribution in [2.45, 2.75) is 26.4 Å². The van der Waals surface area contributed by atoms with Gasteiger partial charge in [0.25, 0.3) is 0 Å². The van der Waals surface area contributed by atoms with Gasteiger partial charge in [-0.2, -0.15) is 0 Å². The highest BCUT2D eigenvalue weighted by molar-refractivity contribution is 7.47. The van der Waals surface area contributed by atoms with Crippen LogP contribution in [0.15, 0.2) is 24.3 Å². The molecule has 0 saturated heterocycles. The van der Waals surface area contributed by atoms with Crippen molar-refractivity contribution >= 4 is 19.4 Å². The summed E-state index contributed by atoms with van der Waals surface area (Å²) in [6.07, 6.45) is 0.303. The van der Waals surface area contributed by atoms with Gasteiger partial charge in [0.15, 0.2) is 0 Å². The fourth-order valence-corrected chi connectivity index (χ4v) is 2.11. The summed E-state index contributed by atoms with van der Waals surface area (Å²) in [6, 6.07) is 6.15. The molecule has 1 aromatic rings. The van der Waals surface area contributed by atoms with Crippen molar-refractivity contribution in [3.8, 4) is 5.75 Å². The van der Waals surface area contributed by atoms with Gasteiger partial charge < -0.3 is 4.52 Å². The maximum Gasteiger partial charge on any atom is 0.527 e. The van der Waals surface area contributed by atoms with Crippen LogP contribution in [0, 0.1) is 0 Å². The van der Waals surface area contributed by atoms with Crippen LogP contribution in [0.1, 0.15) is 20.3 Å². The molecule has 0 bridgehead atoms. The standard InChI is InChI=1S/C10H14ClO4P/c1-3-8(2)14-16(12,13)15-10-6-4-9(11)5-7-10/h4-8H,3H2,1-2H3,(H,12,13). The Balaban J connectivity index is 2.65. The van der Waals surface area contributed by atoms with Gasteiger partial charge >= 0.3 is 7.82 Å². The van der Waals surface area contributed by atoms with Crippen LogP contribution in [-0.4, -0.2) is 11.0 Å². The van der Waals surface area contributed by atoms with E-state index in [-0.39, 0.29) is 11.9 Å². The second-order valence-corrected chi connectivity index (χ2v) is 5.10. The van der Waals surface area contributed by atoms with E-state index in [1.807, 2.05) is 6.92 Å². The number of rotatable bonds is 5. The Kier molecular flexibility index (Phi) is 4.81. The molecule has 0 aromatic heterocycles. The highest BCUT2D eigenvalue weighted by Crippen LogP contribution is 2.45. The summed E-state index contributed by atoms with van der Waals surface area (Å²) in [5, 5.41) is 0.531. The van der Waals surface area contributed by atoms with Crippen LogP contribution in [0.25, 0.3) is 0 Å². The summed E-state index contributed by atoms with van der Waals surface area (Å²) >= 11 is 5.67. The Hall–Kier alpha value is -0.540. The average Bonchev–Trinajstić information content (AvgIpc) is 2.20. The fraction of sp³-hybridized carbons (Fsp3) is 0.400. The summed E-state index contributed by atoms with van der Waals surface area (Å²) in [5.74, 6) is 0.249. The molecule has 1 N–H and O–H groups in total. The summed E-state index contributed by atoms with van der Waals surface area (Å²) in [7, 11) is -4.05. The molecule has 2 unspecified atom stereocenters. The lowest BCUT2D eigenvalue weighted by atomic mass is 10.3. The second-order valence-electron chi connectivity index (χ2n) is 3.34. The summed E-state index contributed by atoms with van der Waals surface area (Å²) in [5.41, 5.74) is 0. The third-order valence-corrected chi connectivity index (χ3v) is 3.24. The zero-order valence-electron chi connectivity index (χ0n) is 9.09. The van der Waals surface area contributed by atoms with Crippen LogP contribution in [0.5, 0.6) is 5.75 Å². The maximum atomic E-state index is 11.5. The summed E-state index contributed by atoms with van der Waals surface area (Å²) < 4.78 is 21.3. The molecule has 2 atom stereocenters. The number of hydrogen-bond donors (Lipinski definition) is 1. The molecule has 6 heteroatoms. The minimum atomic E-state index is -4.05. The van der Waals surface area contributed by atoms with Crippen molar-refractivity contribution in [1.29, 1.82) is 0 Å². The van der Waals surface area contributed by atoms with E-state index in [2.05, 4.69) is 0 Å². The largest absolute Gasteiger partial charge is 0.527 e. The van der Waals surface area contributed by atoms with Crippen molar-refractivity contribution in [2.24, 2.45) is 0 Å². The Morgan fingerprint density at radius 2 is 2.00 bits per heavy atom. The van der Waals surface area contributed by atoms with E-state index in [0.29, 0.717) is 11.4 Å². The van der Waals surface area contributed by atoms with Gasteiger partial charge in [-0.15, -0.1) is 0 Å². The molecular weight excluding hydrogens is 251 g/mol. The predicted octanol–water partition coefficient (Wildman–Crippen LogP) is 3.63. The molecule has 0 amide bonds. The van der Waals surface area contributed by atoms with E-state index in [4.69, 9.17) is 20.6 Å². The van der Waals surface area contributed by atoms with Gasteiger partial charge in [0.2, 0.25) is 0 Å². The monoisotopic (exact) mass is 264 g/mol. The van der Waals surface area contributed by atoms with Crippen LogP contribution >= 0.6 is 19.4 Å². The zero-order valence-corrected chi connectivity index (χ0v) is 10.7. The molecule has 0 saturated carbocycles. The number of phosphoric acid groups is 1. The molecule has 0 heterocycles. The van der Waals surface area contributed by atoms with Gasteiger partial charge in [0, 0.05) is 5.02 Å². The molecule has 0 radical (unpaired) electrons. The van der Waals surface area contributed by atoms with Gasteiger partial charge in [-0.1, -0.05) is 18.5 Å². The minimum absolute atomic E-state index is 0.249. The van der Waals surface area contributed by atoms with E-state index in [9.17, 15) is 9.46 Å². The molecule has 1 rings (SSSR count). The molecule has 1 aromatic carbocycles. The van der Waals surface area contributed by atoms with Gasteiger partial charge in [-0.25, -0.2) is 4.57 Å². The Morgan fingerprint density at radius 1 is 1.44 bits per heavy atom. The van der Waals surface area contributed by atoms with E-state index in [1.165, 1.54) is 12.1 Å². The predicted molar refractivity (Wildman–Crippen MR) is 62.7 cm³/mol. The van der Waals surface area contributed by atoms with Gasteiger partial charge in [-0.05, 0) is 37.6 Å². The highest BCUT2D eigenvalue weighted by atomic mass is 35.5. The lowest BCUT2D eigenvalue weighted by Crippen LogP contribution is -2.07. The SMILES string of the molecule is CCC(C)OP(=O)(O)Oc1ccc(Cl)cc1. The van der Waals surface area contributed by atoms with Crippen molar-refractivity contribution in [1.82, 2.24) is 0 Å². The zero-order chi connectivity index (χ0) is 12.2. The molecular formula is C10H14ClO4P. The van der Waals surface area contributed by atoms with E-state index < -0.39 is 7.82 Å². The van der Waals surface area contributed by atoms with Crippen LogP contribution in [0.2, 0.25) is 5.02 Å². The number of benzene rings is 1. The molecule has 0 aliphatic heterocycles. The average molecular weight is 265 g/mol. The topological polar surface area (TPSA) is 55.8 Å². The highest BCUT2D eigenvalue weighted by Gasteiger charge is 2.25. The third-order valence-electron chi connectivity index (χ3n) is 1.92. The van der Waals surface area contributed by atoms with Gasteiger partial charge in [0.05, 0.1) is 6.10 Å². The molecule has 90 valence electrons. The van der Waals surface area contributed by atoms with E-state index in [0.717, 1.165) is 0 Å². The minimum Gasteiger partial charge on any atom is -0.404 e. The lowest BCUT2D eigenvalue weighted by molar-refractivity contribution is 0.147. The molecule has 0 aliphatic rings. The molecule has 0 aliphatic carbocycles. The Bertz CT molecular complexity index is 379. The van der Waals surface area contributed by atoms with E-state index >= 15 is 0 Å². The van der Waals surface area contributed by atoms with Crippen molar-refractivity contribution in [3.63, 3.8) is 0 Å². The number of hydrogen-bond acceptors (Lipinski definition) is 3. The van der Waals surface area contributed by atoms with Crippen LogP contribution in [0.3, 0.4) is 0 Å². The van der Waals surface area contributed by atoms with Crippen LogP contribution in [-0.2, 0) is 9.09 Å². The molecule has 0 fully saturated rings. The van der Waals surface area contributed by atoms with Crippen LogP contribution < -0.4 is 4.52 Å². The smallest absolute Gasteiger partial charge is 0.404 e. The van der Waals surface area contributed by atoms with Gasteiger partial charge in [-0.3, -0.25) is 9.42 Å². The van der Waals surface area contributed by atoms with Gasteiger partial charge in [0.1, 0.15) is 5.75 Å². The summed E-state index contributed by atoms with van der Waals surface area (Å²) in [4.78, 5) is 9.42. The van der Waals surface area contributed by atoms with Crippen LogP contribution in [0.4, 0.5) is 0 Å². The molecule has 16 heavy (non-hydrogen) atoms. The maximum absolute atomic E-state index is 11.5. The Morgan fingerprint density at radius 3 is 2.50 bits per heavy atom. The normalized spacial score (nSPS) is 16.5. The summed E-state index contributed by atoms with van der Waals surface area (Å²) in [6.45, 7) is 3.56. The van der Waals surface area contributed by atoms with Crippen molar-refractivity contribution in [2.75, 3.05) is 0 Å². The number of phosphoric ester groups is 1. The molecule has 4 nitrogen and oxygen atoms in total. The quantitative estimate of drug-likeness (QED) is 0.825. The fourth-order valence-electron chi connectivity index (χ4n) is 0.952. The second kappa shape index (κ2) is 5.69. The first-order valence-corrected chi connectivity index (χ1v) is 6.76. The first-order valence-electron chi connectivity index (χ1n) is 4.89. The first-order chi connectivity index (χ1) is 7.43. The van der Waals surface area contributed by atoms with E-state index in [1.54, 1.807) is 19.1 Å². The first kappa shape index (κ1) is 13.5. The van der Waals surface area contributed by atoms with Crippen molar-refractivity contribution in [3.05, 3.63) is 29.3 Å². The third kappa shape index (κ3) is 4.54. The number of halogens is 1.